The molecule has 17 heavy (non-hydrogen) atoms. The molecule has 0 fully saturated rings. The minimum absolute atomic E-state index is 0.0881. The Labute approximate surface area is 107 Å². The van der Waals surface area contributed by atoms with Crippen LogP contribution < -0.4 is 15.8 Å². The van der Waals surface area contributed by atoms with Crippen LogP contribution in [-0.4, -0.2) is 56.8 Å². The average Bonchev–Trinajstić information content (AvgIpc) is 2.22. The predicted molar refractivity (Wildman–Crippen MR) is 70.3 cm³/mol. The van der Waals surface area contributed by atoms with E-state index in [1.54, 1.807) is 14.1 Å². The van der Waals surface area contributed by atoms with Gasteiger partial charge in [0.05, 0.1) is 4.99 Å². The maximum atomic E-state index is 11.5. The number of thiocarbonyl (C=S) groups is 1. The fourth-order valence-corrected chi connectivity index (χ4v) is 2.12. The summed E-state index contributed by atoms with van der Waals surface area (Å²) in [5.41, 5.74) is 5.25. The molecule has 0 radical (unpaired) electrons. The summed E-state index contributed by atoms with van der Waals surface area (Å²) < 4.78 is 25.4. The van der Waals surface area contributed by atoms with E-state index >= 15 is 0 Å². The zero-order valence-electron chi connectivity index (χ0n) is 10.1. The first-order valence-electron chi connectivity index (χ1n) is 4.91. The molecule has 1 atom stereocenters. The minimum Gasteiger partial charge on any atom is -0.392 e. The quantitative estimate of drug-likeness (QED) is 0.421. The molecule has 0 aliphatic rings. The Hall–Kier alpha value is -0.930. The van der Waals surface area contributed by atoms with E-state index in [9.17, 15) is 13.2 Å². The monoisotopic (exact) mass is 282 g/mol. The van der Waals surface area contributed by atoms with E-state index in [2.05, 4.69) is 22.3 Å². The third-order valence-electron chi connectivity index (χ3n) is 1.98. The van der Waals surface area contributed by atoms with Crippen LogP contribution in [0, 0.1) is 0 Å². The van der Waals surface area contributed by atoms with E-state index in [-0.39, 0.29) is 24.1 Å². The van der Waals surface area contributed by atoms with Gasteiger partial charge in [0.25, 0.3) is 0 Å². The van der Waals surface area contributed by atoms with E-state index in [0.717, 1.165) is 0 Å². The Kier molecular flexibility index (Phi) is 6.35. The van der Waals surface area contributed by atoms with Gasteiger partial charge in [0.2, 0.25) is 10.0 Å². The lowest BCUT2D eigenvalue weighted by Crippen LogP contribution is -2.44. The number of amides is 2. The van der Waals surface area contributed by atoms with E-state index in [4.69, 9.17) is 5.73 Å². The smallest absolute Gasteiger partial charge is 0.316 e. The normalized spacial score (nSPS) is 12.9. The van der Waals surface area contributed by atoms with Crippen molar-refractivity contribution in [3.63, 3.8) is 0 Å². The van der Waals surface area contributed by atoms with Crippen molar-refractivity contribution in [2.24, 2.45) is 5.73 Å². The lowest BCUT2D eigenvalue weighted by atomic mass is 10.5. The molecule has 4 N–H and O–H groups in total. The first-order chi connectivity index (χ1) is 7.68. The molecule has 0 spiro atoms. The molecule has 100 valence electrons. The molecule has 0 rings (SSSR count). The summed E-state index contributed by atoms with van der Waals surface area (Å²) in [4.78, 5) is 12.4. The van der Waals surface area contributed by atoms with Crippen LogP contribution in [0.15, 0.2) is 0 Å². The lowest BCUT2D eigenvalue weighted by molar-refractivity contribution is 0.217. The van der Waals surface area contributed by atoms with Crippen molar-refractivity contribution in [3.05, 3.63) is 0 Å². The van der Waals surface area contributed by atoms with Crippen LogP contribution in [-0.2, 0) is 10.0 Å². The van der Waals surface area contributed by atoms with Gasteiger partial charge in [-0.25, -0.2) is 17.9 Å². The van der Waals surface area contributed by atoms with Gasteiger partial charge in [-0.1, -0.05) is 12.2 Å². The zero-order chi connectivity index (χ0) is 13.6. The molecular weight excluding hydrogens is 264 g/mol. The summed E-state index contributed by atoms with van der Waals surface area (Å²) >= 11 is 4.60. The third kappa shape index (κ3) is 5.80. The lowest BCUT2D eigenvalue weighted by Gasteiger charge is -2.14. The van der Waals surface area contributed by atoms with Crippen molar-refractivity contribution in [2.75, 3.05) is 27.2 Å². The van der Waals surface area contributed by atoms with Crippen molar-refractivity contribution >= 4 is 33.3 Å². The standard InChI is InChI=1S/C8H18N4O3S2/c1-6(7(9)16)17(14,15)11-5-4-10-8(13)12(2)3/h6,11H,4-5H2,1-3H3,(H2,9,16)(H,10,13). The van der Waals surface area contributed by atoms with Crippen molar-refractivity contribution < 1.29 is 13.2 Å². The average molecular weight is 282 g/mol. The fourth-order valence-electron chi connectivity index (χ4n) is 0.799. The number of nitrogens with two attached hydrogens (primary N) is 1. The molecule has 0 saturated carbocycles. The van der Waals surface area contributed by atoms with Gasteiger partial charge in [-0.05, 0) is 6.92 Å². The largest absolute Gasteiger partial charge is 0.392 e. The van der Waals surface area contributed by atoms with E-state index in [1.165, 1.54) is 11.8 Å². The molecule has 0 aromatic rings. The summed E-state index contributed by atoms with van der Waals surface area (Å²) in [6.07, 6.45) is 0. The highest BCUT2D eigenvalue weighted by molar-refractivity contribution is 7.93. The maximum Gasteiger partial charge on any atom is 0.316 e. The highest BCUT2D eigenvalue weighted by Crippen LogP contribution is 1.97. The molecule has 7 nitrogen and oxygen atoms in total. The number of hydrogen-bond donors (Lipinski definition) is 3. The summed E-state index contributed by atoms with van der Waals surface area (Å²) in [6, 6.07) is -0.286. The molecule has 0 aliphatic carbocycles. The molecule has 0 aromatic carbocycles. The van der Waals surface area contributed by atoms with Crippen LogP contribution in [0.5, 0.6) is 0 Å². The van der Waals surface area contributed by atoms with E-state index in [1.807, 2.05) is 0 Å². The minimum atomic E-state index is -3.56. The SMILES string of the molecule is CC(C(N)=S)S(=O)(=O)NCCNC(=O)N(C)C. The number of carbonyl (C=O) groups is 1. The molecule has 0 saturated heterocycles. The molecule has 9 heteroatoms. The summed E-state index contributed by atoms with van der Waals surface area (Å²) in [5.74, 6) is 0. The number of urea groups is 1. The van der Waals surface area contributed by atoms with Gasteiger partial charge < -0.3 is 16.0 Å². The van der Waals surface area contributed by atoms with Crippen molar-refractivity contribution in [3.8, 4) is 0 Å². The predicted octanol–water partition coefficient (Wildman–Crippen LogP) is -1.15. The van der Waals surface area contributed by atoms with Crippen LogP contribution in [0.4, 0.5) is 4.79 Å². The Balaban J connectivity index is 4.05. The van der Waals surface area contributed by atoms with Gasteiger partial charge in [-0.3, -0.25) is 0 Å². The van der Waals surface area contributed by atoms with Gasteiger partial charge >= 0.3 is 6.03 Å². The van der Waals surface area contributed by atoms with Crippen molar-refractivity contribution in [1.29, 1.82) is 0 Å². The zero-order valence-corrected chi connectivity index (χ0v) is 11.7. The molecule has 1 unspecified atom stereocenters. The Morgan fingerprint density at radius 3 is 2.35 bits per heavy atom. The molecule has 2 amide bonds. The number of rotatable bonds is 6. The summed E-state index contributed by atoms with van der Waals surface area (Å²) in [5, 5.41) is 1.59. The van der Waals surface area contributed by atoms with Gasteiger partial charge in [0.15, 0.2) is 0 Å². The van der Waals surface area contributed by atoms with Crippen LogP contribution >= 0.6 is 12.2 Å². The number of nitrogens with zero attached hydrogens (tertiary/aromatic N) is 1. The Morgan fingerprint density at radius 2 is 1.94 bits per heavy atom. The first-order valence-corrected chi connectivity index (χ1v) is 6.87. The van der Waals surface area contributed by atoms with Crippen LogP contribution in [0.1, 0.15) is 6.92 Å². The molecule has 0 bridgehead atoms. The number of hydrogen-bond acceptors (Lipinski definition) is 4. The second-order valence-corrected chi connectivity index (χ2v) is 6.17. The Bertz CT molecular complexity index is 380. The van der Waals surface area contributed by atoms with Crippen LogP contribution in [0.3, 0.4) is 0 Å². The maximum absolute atomic E-state index is 11.5. The topological polar surface area (TPSA) is 105 Å². The number of carbonyl (C=O) groups excluding carboxylic acids is 1. The molecular formula is C8H18N4O3S2. The van der Waals surface area contributed by atoms with Crippen LogP contribution in [0.25, 0.3) is 0 Å². The highest BCUT2D eigenvalue weighted by Gasteiger charge is 2.22. The second-order valence-electron chi connectivity index (χ2n) is 3.61. The highest BCUT2D eigenvalue weighted by atomic mass is 32.2. The van der Waals surface area contributed by atoms with Gasteiger partial charge in [0.1, 0.15) is 5.25 Å². The van der Waals surface area contributed by atoms with Crippen molar-refractivity contribution in [2.45, 2.75) is 12.2 Å². The van der Waals surface area contributed by atoms with Crippen molar-refractivity contribution in [1.82, 2.24) is 14.9 Å². The second kappa shape index (κ2) is 6.72. The number of sulfonamides is 1. The van der Waals surface area contributed by atoms with E-state index < -0.39 is 15.3 Å². The fraction of sp³-hybridized carbons (Fsp3) is 0.750. The van der Waals surface area contributed by atoms with E-state index in [0.29, 0.717) is 0 Å². The van der Waals surface area contributed by atoms with Gasteiger partial charge in [-0.15, -0.1) is 0 Å². The first kappa shape index (κ1) is 16.1. The molecule has 0 aromatic heterocycles. The molecule has 0 aliphatic heterocycles. The Morgan fingerprint density at radius 1 is 1.41 bits per heavy atom. The van der Waals surface area contributed by atoms with Gasteiger partial charge in [0, 0.05) is 27.2 Å². The van der Waals surface area contributed by atoms with Crippen LogP contribution in [0.2, 0.25) is 0 Å². The number of nitrogens with one attached hydrogen (secondary N) is 2. The third-order valence-corrected chi connectivity index (χ3v) is 4.27. The van der Waals surface area contributed by atoms with Gasteiger partial charge in [-0.2, -0.15) is 0 Å². The summed E-state index contributed by atoms with van der Waals surface area (Å²) in [7, 11) is -0.375. The summed E-state index contributed by atoms with van der Waals surface area (Å²) in [6.45, 7) is 1.69. The molecule has 0 heterocycles.